The van der Waals surface area contributed by atoms with Crippen LogP contribution in [0, 0.1) is 0 Å². The standard InChI is InChI=1S/C26H19N3O5/c30-24(18-8-2-1-3-9-18)28-21-12-6-11-19(16-21)25(31)29-27-17-20-10-4-5-13-22(20)34-26(32)23-14-7-15-33-23/h1-17H,(H,28,30)(H,29,31). The van der Waals surface area contributed by atoms with E-state index < -0.39 is 11.9 Å². The molecule has 0 bridgehead atoms. The first-order valence-electron chi connectivity index (χ1n) is 10.2. The average molecular weight is 453 g/mol. The maximum atomic E-state index is 12.5. The molecule has 8 nitrogen and oxygen atoms in total. The number of nitrogens with one attached hydrogen (secondary N) is 2. The Morgan fingerprint density at radius 2 is 1.56 bits per heavy atom. The summed E-state index contributed by atoms with van der Waals surface area (Å²) in [5.41, 5.74) is 4.19. The van der Waals surface area contributed by atoms with Crippen molar-refractivity contribution in [3.8, 4) is 5.75 Å². The molecule has 4 rings (SSSR count). The minimum Gasteiger partial charge on any atom is -0.457 e. The number of hydrogen-bond donors (Lipinski definition) is 2. The Morgan fingerprint density at radius 1 is 0.794 bits per heavy atom. The fraction of sp³-hybridized carbons (Fsp3) is 0. The fourth-order valence-electron chi connectivity index (χ4n) is 2.98. The quantitative estimate of drug-likeness (QED) is 0.185. The van der Waals surface area contributed by atoms with Gasteiger partial charge in [0, 0.05) is 22.4 Å². The van der Waals surface area contributed by atoms with Gasteiger partial charge < -0.3 is 14.5 Å². The van der Waals surface area contributed by atoms with Gasteiger partial charge >= 0.3 is 5.97 Å². The normalized spacial score (nSPS) is 10.6. The van der Waals surface area contributed by atoms with Crippen molar-refractivity contribution in [2.75, 3.05) is 5.32 Å². The zero-order valence-electron chi connectivity index (χ0n) is 17.8. The molecule has 4 aromatic rings. The Morgan fingerprint density at radius 3 is 2.35 bits per heavy atom. The van der Waals surface area contributed by atoms with E-state index in [1.807, 2.05) is 6.07 Å². The van der Waals surface area contributed by atoms with Gasteiger partial charge in [0.05, 0.1) is 12.5 Å². The van der Waals surface area contributed by atoms with E-state index in [2.05, 4.69) is 15.8 Å². The number of amides is 2. The van der Waals surface area contributed by atoms with Gasteiger partial charge in [0.1, 0.15) is 5.75 Å². The number of hydrazone groups is 1. The fourth-order valence-corrected chi connectivity index (χ4v) is 2.98. The van der Waals surface area contributed by atoms with E-state index in [1.165, 1.54) is 18.5 Å². The third kappa shape index (κ3) is 5.63. The lowest BCUT2D eigenvalue weighted by molar-refractivity contribution is 0.0700. The third-order valence-electron chi connectivity index (χ3n) is 4.63. The Bertz CT molecular complexity index is 1330. The first-order valence-corrected chi connectivity index (χ1v) is 10.2. The Labute approximate surface area is 194 Å². The minimum atomic E-state index is -0.649. The summed E-state index contributed by atoms with van der Waals surface area (Å²) in [6, 6.07) is 25.1. The first-order chi connectivity index (χ1) is 16.6. The van der Waals surface area contributed by atoms with Crippen LogP contribution in [0.5, 0.6) is 5.75 Å². The van der Waals surface area contributed by atoms with Gasteiger partial charge in [-0.1, -0.05) is 36.4 Å². The van der Waals surface area contributed by atoms with E-state index in [1.54, 1.807) is 78.9 Å². The Kier molecular flexibility index (Phi) is 6.90. The summed E-state index contributed by atoms with van der Waals surface area (Å²) in [6.07, 6.45) is 2.74. The van der Waals surface area contributed by atoms with E-state index in [4.69, 9.17) is 9.15 Å². The molecular formula is C26H19N3O5. The highest BCUT2D eigenvalue weighted by Gasteiger charge is 2.13. The summed E-state index contributed by atoms with van der Waals surface area (Å²) in [5, 5.41) is 6.72. The first kappa shape index (κ1) is 22.2. The molecule has 2 amide bonds. The Hall–Kier alpha value is -4.98. The minimum absolute atomic E-state index is 0.0688. The number of anilines is 1. The number of hydrogen-bond acceptors (Lipinski definition) is 6. The predicted octanol–water partition coefficient (Wildman–Crippen LogP) is 4.52. The second kappa shape index (κ2) is 10.6. The van der Waals surface area contributed by atoms with Crippen LogP contribution in [0.25, 0.3) is 0 Å². The van der Waals surface area contributed by atoms with Crippen LogP contribution in [0.4, 0.5) is 5.69 Å². The molecule has 0 atom stereocenters. The van der Waals surface area contributed by atoms with Crippen LogP contribution in [0.3, 0.4) is 0 Å². The van der Waals surface area contributed by atoms with Gasteiger partial charge in [-0.2, -0.15) is 5.10 Å². The summed E-state index contributed by atoms with van der Waals surface area (Å²) in [7, 11) is 0. The topological polar surface area (TPSA) is 110 Å². The molecule has 0 saturated heterocycles. The molecule has 0 spiro atoms. The highest BCUT2D eigenvalue weighted by molar-refractivity contribution is 6.05. The van der Waals surface area contributed by atoms with Crippen molar-refractivity contribution in [2.24, 2.45) is 5.10 Å². The van der Waals surface area contributed by atoms with Crippen LogP contribution in [0.1, 0.15) is 36.8 Å². The second-order valence-corrected chi connectivity index (χ2v) is 7.00. The van der Waals surface area contributed by atoms with Crippen LogP contribution < -0.4 is 15.5 Å². The van der Waals surface area contributed by atoms with Gasteiger partial charge in [-0.15, -0.1) is 0 Å². The molecule has 0 radical (unpaired) electrons. The molecule has 1 aromatic heterocycles. The number of ether oxygens (including phenoxy) is 1. The van der Waals surface area contributed by atoms with Crippen LogP contribution >= 0.6 is 0 Å². The largest absolute Gasteiger partial charge is 0.457 e. The second-order valence-electron chi connectivity index (χ2n) is 7.00. The van der Waals surface area contributed by atoms with Gasteiger partial charge in [-0.25, -0.2) is 10.2 Å². The Balaban J connectivity index is 1.39. The van der Waals surface area contributed by atoms with E-state index in [-0.39, 0.29) is 17.4 Å². The van der Waals surface area contributed by atoms with Crippen LogP contribution in [-0.2, 0) is 0 Å². The molecule has 34 heavy (non-hydrogen) atoms. The molecular weight excluding hydrogens is 434 g/mol. The average Bonchev–Trinajstić information content (AvgIpc) is 3.41. The van der Waals surface area contributed by atoms with Crippen LogP contribution in [0.2, 0.25) is 0 Å². The van der Waals surface area contributed by atoms with Gasteiger partial charge in [0.25, 0.3) is 11.8 Å². The van der Waals surface area contributed by atoms with Gasteiger partial charge in [-0.3, -0.25) is 9.59 Å². The molecule has 0 aliphatic carbocycles. The van der Waals surface area contributed by atoms with Crippen molar-refractivity contribution in [1.82, 2.24) is 5.43 Å². The summed E-state index contributed by atoms with van der Waals surface area (Å²) >= 11 is 0. The maximum Gasteiger partial charge on any atom is 0.379 e. The number of esters is 1. The van der Waals surface area contributed by atoms with Crippen molar-refractivity contribution < 1.29 is 23.5 Å². The summed E-state index contributed by atoms with van der Waals surface area (Å²) in [6.45, 7) is 0. The van der Waals surface area contributed by atoms with E-state index >= 15 is 0 Å². The molecule has 0 aliphatic rings. The molecule has 1 heterocycles. The predicted molar refractivity (Wildman–Crippen MR) is 126 cm³/mol. The third-order valence-corrected chi connectivity index (χ3v) is 4.63. The van der Waals surface area contributed by atoms with Crippen LogP contribution in [0.15, 0.2) is 107 Å². The van der Waals surface area contributed by atoms with Gasteiger partial charge in [0.15, 0.2) is 0 Å². The number of furan rings is 1. The summed E-state index contributed by atoms with van der Waals surface area (Å²) in [4.78, 5) is 37.0. The van der Waals surface area contributed by atoms with Crippen LogP contribution in [-0.4, -0.2) is 24.0 Å². The zero-order valence-corrected chi connectivity index (χ0v) is 17.8. The zero-order chi connectivity index (χ0) is 23.8. The van der Waals surface area contributed by atoms with Gasteiger partial charge in [0.2, 0.25) is 5.76 Å². The van der Waals surface area contributed by atoms with Crippen molar-refractivity contribution >= 4 is 29.7 Å². The smallest absolute Gasteiger partial charge is 0.379 e. The monoisotopic (exact) mass is 453 g/mol. The molecule has 0 aliphatic heterocycles. The van der Waals surface area contributed by atoms with Crippen molar-refractivity contribution in [1.29, 1.82) is 0 Å². The molecule has 168 valence electrons. The van der Waals surface area contributed by atoms with E-state index in [9.17, 15) is 14.4 Å². The van der Waals surface area contributed by atoms with Crippen molar-refractivity contribution in [3.05, 3.63) is 120 Å². The summed E-state index contributed by atoms with van der Waals surface area (Å²) < 4.78 is 10.4. The lowest BCUT2D eigenvalue weighted by atomic mass is 10.1. The number of rotatable bonds is 7. The molecule has 0 saturated carbocycles. The molecule has 3 aromatic carbocycles. The SMILES string of the molecule is O=C(NN=Cc1ccccc1OC(=O)c1ccco1)c1cccc(NC(=O)c2ccccc2)c1. The molecule has 8 heteroatoms. The molecule has 0 fully saturated rings. The number of carbonyl (C=O) groups excluding carboxylic acids is 3. The maximum absolute atomic E-state index is 12.5. The number of nitrogens with zero attached hydrogens (tertiary/aromatic N) is 1. The van der Waals surface area contributed by atoms with Gasteiger partial charge in [-0.05, 0) is 54.6 Å². The highest BCUT2D eigenvalue weighted by atomic mass is 16.5. The lowest BCUT2D eigenvalue weighted by Crippen LogP contribution is -2.18. The van der Waals surface area contributed by atoms with Crippen molar-refractivity contribution in [3.63, 3.8) is 0 Å². The molecule has 0 unspecified atom stereocenters. The van der Waals surface area contributed by atoms with E-state index in [0.717, 1.165) is 0 Å². The number of benzene rings is 3. The van der Waals surface area contributed by atoms with Crippen molar-refractivity contribution in [2.45, 2.75) is 0 Å². The lowest BCUT2D eigenvalue weighted by Gasteiger charge is -2.07. The number of carbonyl (C=O) groups is 3. The summed E-state index contributed by atoms with van der Waals surface area (Å²) in [5.74, 6) is -1.08. The molecule has 2 N–H and O–H groups in total. The highest BCUT2D eigenvalue weighted by Crippen LogP contribution is 2.18. The van der Waals surface area contributed by atoms with E-state index in [0.29, 0.717) is 22.4 Å². The number of para-hydroxylation sites is 1.